The number of rotatable bonds is 8. The van der Waals surface area contributed by atoms with E-state index in [9.17, 15) is 0 Å². The van der Waals surface area contributed by atoms with Crippen LogP contribution in [0, 0.1) is 5.41 Å². The number of hydrogen-bond donors (Lipinski definition) is 1. The summed E-state index contributed by atoms with van der Waals surface area (Å²) in [6, 6.07) is 1.41. The van der Waals surface area contributed by atoms with Crippen LogP contribution in [0.3, 0.4) is 0 Å². The third-order valence-electron chi connectivity index (χ3n) is 4.75. The normalized spacial score (nSPS) is 25.1. The lowest BCUT2D eigenvalue weighted by Gasteiger charge is -2.45. The molecule has 1 aliphatic rings. The molecular formula is C18H38N2. The summed E-state index contributed by atoms with van der Waals surface area (Å²) in [6.45, 7) is 15.4. The van der Waals surface area contributed by atoms with E-state index in [1.165, 1.54) is 64.6 Å². The van der Waals surface area contributed by atoms with E-state index in [0.717, 1.165) is 6.04 Å². The number of unbranched alkanes of at least 4 members (excludes halogenated alkanes) is 4. The molecule has 1 rings (SSSR count). The van der Waals surface area contributed by atoms with Crippen LogP contribution in [0.5, 0.6) is 0 Å². The highest BCUT2D eigenvalue weighted by Crippen LogP contribution is 2.25. The van der Waals surface area contributed by atoms with E-state index >= 15 is 0 Å². The second-order valence-electron chi connectivity index (χ2n) is 7.68. The Kier molecular flexibility index (Phi) is 8.13. The Morgan fingerprint density at radius 1 is 1.00 bits per heavy atom. The number of hydrogen-bond acceptors (Lipinski definition) is 2. The Morgan fingerprint density at radius 3 is 2.30 bits per heavy atom. The fraction of sp³-hybridized carbons (Fsp3) is 1.00. The Hall–Kier alpha value is -0.0800. The zero-order valence-corrected chi connectivity index (χ0v) is 14.7. The van der Waals surface area contributed by atoms with Crippen LogP contribution in [0.1, 0.15) is 79.6 Å². The monoisotopic (exact) mass is 282 g/mol. The fourth-order valence-electron chi connectivity index (χ4n) is 3.25. The van der Waals surface area contributed by atoms with Gasteiger partial charge in [-0.05, 0) is 24.8 Å². The van der Waals surface area contributed by atoms with Gasteiger partial charge >= 0.3 is 0 Å². The van der Waals surface area contributed by atoms with E-state index in [2.05, 4.69) is 44.8 Å². The first-order chi connectivity index (χ1) is 9.49. The molecule has 2 atom stereocenters. The molecule has 0 amide bonds. The van der Waals surface area contributed by atoms with Crippen molar-refractivity contribution in [1.29, 1.82) is 0 Å². The predicted octanol–water partition coefficient (Wildman–Crippen LogP) is 4.45. The van der Waals surface area contributed by atoms with Crippen LogP contribution >= 0.6 is 0 Å². The van der Waals surface area contributed by atoms with Crippen LogP contribution in [-0.4, -0.2) is 36.6 Å². The highest BCUT2D eigenvalue weighted by atomic mass is 15.2. The molecule has 1 N–H and O–H groups in total. The Morgan fingerprint density at radius 2 is 1.70 bits per heavy atom. The van der Waals surface area contributed by atoms with Crippen LogP contribution in [0.4, 0.5) is 0 Å². The van der Waals surface area contributed by atoms with Gasteiger partial charge in [0.25, 0.3) is 0 Å². The summed E-state index contributed by atoms with van der Waals surface area (Å²) < 4.78 is 0. The summed E-state index contributed by atoms with van der Waals surface area (Å²) >= 11 is 0. The Balaban J connectivity index is 2.42. The van der Waals surface area contributed by atoms with Gasteiger partial charge in [-0.15, -0.1) is 0 Å². The van der Waals surface area contributed by atoms with Crippen molar-refractivity contribution in [2.75, 3.05) is 19.6 Å². The average molecular weight is 283 g/mol. The molecular weight excluding hydrogens is 244 g/mol. The summed E-state index contributed by atoms with van der Waals surface area (Å²) in [7, 11) is 0. The first-order valence-corrected chi connectivity index (χ1v) is 8.96. The summed E-state index contributed by atoms with van der Waals surface area (Å²) in [5.74, 6) is 0. The van der Waals surface area contributed by atoms with Gasteiger partial charge in [0.05, 0.1) is 0 Å². The van der Waals surface area contributed by atoms with Gasteiger partial charge in [0.1, 0.15) is 0 Å². The standard InChI is InChI=1S/C18H38N2/c1-6-8-9-10-11-13-20-15-17(18(3,4)5)19-14-16(20)12-7-2/h16-17,19H,6-15H2,1-5H3. The Labute approximate surface area is 127 Å². The molecule has 120 valence electrons. The maximum absolute atomic E-state index is 3.79. The fourth-order valence-corrected chi connectivity index (χ4v) is 3.25. The van der Waals surface area contributed by atoms with Crippen molar-refractivity contribution >= 4 is 0 Å². The molecule has 0 radical (unpaired) electrons. The summed E-state index contributed by atoms with van der Waals surface area (Å²) in [5, 5.41) is 3.79. The minimum absolute atomic E-state index is 0.373. The van der Waals surface area contributed by atoms with Crippen molar-refractivity contribution in [1.82, 2.24) is 10.2 Å². The van der Waals surface area contributed by atoms with Gasteiger partial charge in [-0.25, -0.2) is 0 Å². The number of nitrogens with zero attached hydrogens (tertiary/aromatic N) is 1. The third-order valence-corrected chi connectivity index (χ3v) is 4.75. The molecule has 1 saturated heterocycles. The van der Waals surface area contributed by atoms with Gasteiger partial charge in [0, 0.05) is 25.2 Å². The molecule has 20 heavy (non-hydrogen) atoms. The van der Waals surface area contributed by atoms with Crippen LogP contribution in [0.15, 0.2) is 0 Å². The van der Waals surface area contributed by atoms with Gasteiger partial charge in [-0.3, -0.25) is 4.90 Å². The molecule has 1 heterocycles. The maximum atomic E-state index is 3.79. The molecule has 0 aromatic carbocycles. The largest absolute Gasteiger partial charge is 0.311 e. The lowest BCUT2D eigenvalue weighted by atomic mass is 9.84. The maximum Gasteiger partial charge on any atom is 0.0244 e. The van der Waals surface area contributed by atoms with Crippen molar-refractivity contribution in [2.24, 2.45) is 5.41 Å². The molecule has 0 saturated carbocycles. The molecule has 2 unspecified atom stereocenters. The molecule has 2 heteroatoms. The summed E-state index contributed by atoms with van der Waals surface area (Å²) in [6.07, 6.45) is 9.62. The zero-order chi connectivity index (χ0) is 15.0. The average Bonchev–Trinajstić information content (AvgIpc) is 2.39. The van der Waals surface area contributed by atoms with Crippen molar-refractivity contribution in [3.8, 4) is 0 Å². The molecule has 1 aliphatic heterocycles. The smallest absolute Gasteiger partial charge is 0.0244 e. The van der Waals surface area contributed by atoms with Gasteiger partial charge in [-0.2, -0.15) is 0 Å². The van der Waals surface area contributed by atoms with Gasteiger partial charge in [-0.1, -0.05) is 66.7 Å². The van der Waals surface area contributed by atoms with Crippen LogP contribution in [-0.2, 0) is 0 Å². The van der Waals surface area contributed by atoms with Gasteiger partial charge in [0.15, 0.2) is 0 Å². The van der Waals surface area contributed by atoms with Crippen LogP contribution in [0.25, 0.3) is 0 Å². The number of piperazine rings is 1. The highest BCUT2D eigenvalue weighted by Gasteiger charge is 2.33. The van der Waals surface area contributed by atoms with E-state index in [1.54, 1.807) is 0 Å². The van der Waals surface area contributed by atoms with Crippen LogP contribution < -0.4 is 5.32 Å². The van der Waals surface area contributed by atoms with E-state index < -0.39 is 0 Å². The van der Waals surface area contributed by atoms with E-state index in [1.807, 2.05) is 0 Å². The van der Waals surface area contributed by atoms with E-state index in [-0.39, 0.29) is 0 Å². The predicted molar refractivity (Wildman–Crippen MR) is 90.3 cm³/mol. The molecule has 0 aromatic rings. The van der Waals surface area contributed by atoms with Crippen molar-refractivity contribution in [2.45, 2.75) is 91.6 Å². The molecule has 1 fully saturated rings. The molecule has 0 bridgehead atoms. The van der Waals surface area contributed by atoms with Crippen molar-refractivity contribution in [3.63, 3.8) is 0 Å². The second kappa shape index (κ2) is 9.04. The van der Waals surface area contributed by atoms with E-state index in [4.69, 9.17) is 0 Å². The lowest BCUT2D eigenvalue weighted by molar-refractivity contribution is 0.0793. The van der Waals surface area contributed by atoms with Crippen molar-refractivity contribution < 1.29 is 0 Å². The molecule has 0 aliphatic carbocycles. The van der Waals surface area contributed by atoms with Gasteiger partial charge < -0.3 is 5.32 Å². The zero-order valence-electron chi connectivity index (χ0n) is 14.7. The first kappa shape index (κ1) is 18.0. The van der Waals surface area contributed by atoms with E-state index in [0.29, 0.717) is 11.5 Å². The van der Waals surface area contributed by atoms with Crippen molar-refractivity contribution in [3.05, 3.63) is 0 Å². The van der Waals surface area contributed by atoms with Crippen LogP contribution in [0.2, 0.25) is 0 Å². The topological polar surface area (TPSA) is 15.3 Å². The minimum atomic E-state index is 0.373. The quantitative estimate of drug-likeness (QED) is 0.662. The summed E-state index contributed by atoms with van der Waals surface area (Å²) in [4.78, 5) is 2.78. The highest BCUT2D eigenvalue weighted by molar-refractivity contribution is 4.91. The number of nitrogens with one attached hydrogen (secondary N) is 1. The summed E-state index contributed by atoms with van der Waals surface area (Å²) in [5.41, 5.74) is 0.373. The third kappa shape index (κ3) is 6.13. The first-order valence-electron chi connectivity index (χ1n) is 8.96. The minimum Gasteiger partial charge on any atom is -0.311 e. The van der Waals surface area contributed by atoms with Gasteiger partial charge in [0.2, 0.25) is 0 Å². The Bertz CT molecular complexity index is 244. The lowest BCUT2D eigenvalue weighted by Crippen LogP contribution is -2.60. The molecule has 2 nitrogen and oxygen atoms in total. The molecule has 0 spiro atoms. The SMILES string of the molecule is CCCCCCCN1CC(C(C)(C)C)NCC1CCC. The molecule has 0 aromatic heterocycles. The second-order valence-corrected chi connectivity index (χ2v) is 7.68.